The van der Waals surface area contributed by atoms with Gasteiger partial charge in [0.05, 0.1) is 29.1 Å². The molecular weight excluding hydrogens is 418 g/mol. The van der Waals surface area contributed by atoms with E-state index in [1.54, 1.807) is 4.90 Å². The molecule has 1 saturated heterocycles. The van der Waals surface area contributed by atoms with E-state index in [4.69, 9.17) is 0 Å². The predicted octanol–water partition coefficient (Wildman–Crippen LogP) is 3.27. The summed E-state index contributed by atoms with van der Waals surface area (Å²) in [5.74, 6) is -2.69. The summed E-state index contributed by atoms with van der Waals surface area (Å²) in [6, 6.07) is 7.79. The fourth-order valence-electron chi connectivity index (χ4n) is 3.64. The quantitative estimate of drug-likeness (QED) is 0.652. The van der Waals surface area contributed by atoms with Gasteiger partial charge in [-0.05, 0) is 37.1 Å². The largest absolute Gasteiger partial charge is 0.393 e. The number of aromatic nitrogens is 2. The number of anilines is 1. The zero-order chi connectivity index (χ0) is 22.7. The lowest BCUT2D eigenvalue weighted by atomic mass is 10.0. The van der Waals surface area contributed by atoms with E-state index in [0.29, 0.717) is 25.9 Å². The van der Waals surface area contributed by atoms with Crippen molar-refractivity contribution in [3.63, 3.8) is 0 Å². The highest BCUT2D eigenvalue weighted by Crippen LogP contribution is 2.29. The molecule has 0 radical (unpaired) electrons. The number of halogens is 2. The number of rotatable bonds is 4. The van der Waals surface area contributed by atoms with Gasteiger partial charge in [-0.25, -0.2) is 8.78 Å². The van der Waals surface area contributed by atoms with Crippen LogP contribution in [0.5, 0.6) is 0 Å². The SMILES string of the molecule is O=C(Nc1cnccc1C(=O)N1CCC(O)CC1)c1ncccc1-c1c(F)cccc1F. The van der Waals surface area contributed by atoms with Crippen LogP contribution in [-0.4, -0.2) is 51.0 Å². The molecule has 3 heterocycles. The number of aliphatic hydroxyl groups is 1. The molecule has 3 aromatic rings. The summed E-state index contributed by atoms with van der Waals surface area (Å²) < 4.78 is 28.7. The van der Waals surface area contributed by atoms with Crippen LogP contribution in [0.2, 0.25) is 0 Å². The number of hydrogen-bond donors (Lipinski definition) is 2. The van der Waals surface area contributed by atoms with Gasteiger partial charge in [-0.1, -0.05) is 12.1 Å². The summed E-state index contributed by atoms with van der Waals surface area (Å²) in [7, 11) is 0. The van der Waals surface area contributed by atoms with Crippen LogP contribution in [-0.2, 0) is 0 Å². The number of aliphatic hydroxyl groups excluding tert-OH is 1. The minimum atomic E-state index is -0.823. The third-order valence-electron chi connectivity index (χ3n) is 5.31. The Bertz CT molecular complexity index is 1140. The van der Waals surface area contributed by atoms with Crippen LogP contribution in [0.3, 0.4) is 0 Å². The van der Waals surface area contributed by atoms with Gasteiger partial charge in [0.1, 0.15) is 17.3 Å². The standard InChI is InChI=1S/C23H20F2N4O3/c24-17-4-1-5-18(25)20(17)16-3-2-9-27-21(16)22(31)28-19-13-26-10-6-15(19)23(32)29-11-7-14(30)8-12-29/h1-6,9-10,13-14,30H,7-8,11-12H2,(H,28,31). The van der Waals surface area contributed by atoms with Gasteiger partial charge in [0.25, 0.3) is 11.8 Å². The van der Waals surface area contributed by atoms with Gasteiger partial charge >= 0.3 is 0 Å². The molecule has 2 aromatic heterocycles. The van der Waals surface area contributed by atoms with Crippen LogP contribution < -0.4 is 5.32 Å². The fraction of sp³-hybridized carbons (Fsp3) is 0.217. The maximum absolute atomic E-state index is 14.3. The maximum atomic E-state index is 14.3. The monoisotopic (exact) mass is 438 g/mol. The van der Waals surface area contributed by atoms with Crippen molar-refractivity contribution >= 4 is 17.5 Å². The first-order valence-electron chi connectivity index (χ1n) is 10.1. The lowest BCUT2D eigenvalue weighted by Gasteiger charge is -2.30. The Hall–Kier alpha value is -3.72. The van der Waals surface area contributed by atoms with E-state index in [-0.39, 0.29) is 34.0 Å². The van der Waals surface area contributed by atoms with E-state index in [2.05, 4.69) is 15.3 Å². The van der Waals surface area contributed by atoms with Gasteiger partial charge in [-0.3, -0.25) is 19.6 Å². The second kappa shape index (κ2) is 9.19. The minimum absolute atomic E-state index is 0.0117. The Morgan fingerprint density at radius 1 is 1.03 bits per heavy atom. The summed E-state index contributed by atoms with van der Waals surface area (Å²) >= 11 is 0. The van der Waals surface area contributed by atoms with Crippen LogP contribution in [0.15, 0.2) is 55.0 Å². The third-order valence-corrected chi connectivity index (χ3v) is 5.31. The maximum Gasteiger partial charge on any atom is 0.274 e. The Balaban J connectivity index is 1.64. The van der Waals surface area contributed by atoms with Crippen molar-refractivity contribution in [2.24, 2.45) is 0 Å². The summed E-state index contributed by atoms with van der Waals surface area (Å²) in [5.41, 5.74) is -0.194. The van der Waals surface area contributed by atoms with Gasteiger partial charge < -0.3 is 15.3 Å². The number of carbonyl (C=O) groups is 2. The van der Waals surface area contributed by atoms with Crippen LogP contribution in [0, 0.1) is 11.6 Å². The Morgan fingerprint density at radius 2 is 1.75 bits per heavy atom. The van der Waals surface area contributed by atoms with Crippen molar-refractivity contribution in [1.29, 1.82) is 0 Å². The number of nitrogens with one attached hydrogen (secondary N) is 1. The average molecular weight is 438 g/mol. The molecule has 1 aliphatic rings. The molecular formula is C23H20F2N4O3. The molecule has 0 saturated carbocycles. The molecule has 0 spiro atoms. The van der Waals surface area contributed by atoms with Gasteiger partial charge in [0.15, 0.2) is 0 Å². The van der Waals surface area contributed by atoms with E-state index in [1.807, 2.05) is 0 Å². The zero-order valence-electron chi connectivity index (χ0n) is 17.0. The normalized spacial score (nSPS) is 14.3. The summed E-state index contributed by atoms with van der Waals surface area (Å²) in [4.78, 5) is 35.6. The van der Waals surface area contributed by atoms with E-state index in [9.17, 15) is 23.5 Å². The topological polar surface area (TPSA) is 95.4 Å². The fourth-order valence-corrected chi connectivity index (χ4v) is 3.64. The lowest BCUT2D eigenvalue weighted by molar-refractivity contribution is 0.0547. The number of amides is 2. The zero-order valence-corrected chi connectivity index (χ0v) is 17.0. The first kappa shape index (κ1) is 21.5. The van der Waals surface area contributed by atoms with Crippen LogP contribution in [0.25, 0.3) is 11.1 Å². The number of piperidine rings is 1. The van der Waals surface area contributed by atoms with Crippen molar-refractivity contribution in [2.45, 2.75) is 18.9 Å². The Morgan fingerprint density at radius 3 is 2.47 bits per heavy atom. The van der Waals surface area contributed by atoms with Crippen LogP contribution in [0.4, 0.5) is 14.5 Å². The summed E-state index contributed by atoms with van der Waals surface area (Å²) in [6.45, 7) is 0.791. The predicted molar refractivity (Wildman–Crippen MR) is 113 cm³/mol. The molecule has 32 heavy (non-hydrogen) atoms. The molecule has 4 rings (SSSR count). The number of carbonyl (C=O) groups excluding carboxylic acids is 2. The van der Waals surface area contributed by atoms with Gasteiger partial charge in [0.2, 0.25) is 0 Å². The van der Waals surface area contributed by atoms with E-state index in [0.717, 1.165) is 12.1 Å². The molecule has 164 valence electrons. The van der Waals surface area contributed by atoms with Gasteiger partial charge in [0, 0.05) is 31.0 Å². The Labute approximate surface area is 182 Å². The molecule has 0 aliphatic carbocycles. The van der Waals surface area contributed by atoms with Crippen molar-refractivity contribution < 1.29 is 23.5 Å². The molecule has 1 fully saturated rings. The molecule has 7 nitrogen and oxygen atoms in total. The minimum Gasteiger partial charge on any atom is -0.393 e. The molecule has 0 unspecified atom stereocenters. The third kappa shape index (κ3) is 4.33. The molecule has 9 heteroatoms. The number of likely N-dealkylation sites (tertiary alicyclic amines) is 1. The van der Waals surface area contributed by atoms with Crippen molar-refractivity contribution in [2.75, 3.05) is 18.4 Å². The van der Waals surface area contributed by atoms with Crippen LogP contribution >= 0.6 is 0 Å². The van der Waals surface area contributed by atoms with Crippen molar-refractivity contribution in [3.8, 4) is 11.1 Å². The van der Waals surface area contributed by atoms with Gasteiger partial charge in [-0.2, -0.15) is 0 Å². The molecule has 0 atom stereocenters. The summed E-state index contributed by atoms with van der Waals surface area (Å²) in [5, 5.41) is 12.3. The number of nitrogens with zero attached hydrogens (tertiary/aromatic N) is 3. The average Bonchev–Trinajstić information content (AvgIpc) is 2.80. The Kier molecular flexibility index (Phi) is 6.18. The van der Waals surface area contributed by atoms with E-state index in [1.165, 1.54) is 42.9 Å². The molecule has 2 amide bonds. The van der Waals surface area contributed by atoms with Gasteiger partial charge in [-0.15, -0.1) is 0 Å². The smallest absolute Gasteiger partial charge is 0.274 e. The molecule has 0 bridgehead atoms. The summed E-state index contributed by atoms with van der Waals surface area (Å²) in [6.07, 6.45) is 4.62. The van der Waals surface area contributed by atoms with Crippen molar-refractivity contribution in [3.05, 3.63) is 77.9 Å². The van der Waals surface area contributed by atoms with E-state index < -0.39 is 23.6 Å². The second-order valence-corrected chi connectivity index (χ2v) is 7.39. The van der Waals surface area contributed by atoms with Crippen LogP contribution in [0.1, 0.15) is 33.7 Å². The first-order valence-corrected chi connectivity index (χ1v) is 10.1. The highest BCUT2D eigenvalue weighted by molar-refractivity contribution is 6.10. The second-order valence-electron chi connectivity index (χ2n) is 7.39. The highest BCUT2D eigenvalue weighted by Gasteiger charge is 2.26. The van der Waals surface area contributed by atoms with E-state index >= 15 is 0 Å². The number of hydrogen-bond acceptors (Lipinski definition) is 5. The van der Waals surface area contributed by atoms with Crippen molar-refractivity contribution in [1.82, 2.24) is 14.9 Å². The first-order chi connectivity index (χ1) is 15.5. The number of pyridine rings is 2. The molecule has 1 aliphatic heterocycles. The highest BCUT2D eigenvalue weighted by atomic mass is 19.1. The lowest BCUT2D eigenvalue weighted by Crippen LogP contribution is -2.40. The molecule has 2 N–H and O–H groups in total. The molecule has 1 aromatic carbocycles. The number of benzene rings is 1.